The maximum atomic E-state index is 12.8. The van der Waals surface area contributed by atoms with Crippen molar-refractivity contribution in [2.75, 3.05) is 46.3 Å². The van der Waals surface area contributed by atoms with Crippen molar-refractivity contribution in [1.29, 1.82) is 0 Å². The number of hydrogen-bond donors (Lipinski definition) is 0. The predicted molar refractivity (Wildman–Crippen MR) is 121 cm³/mol. The van der Waals surface area contributed by atoms with Crippen molar-refractivity contribution in [3.8, 4) is 5.75 Å². The van der Waals surface area contributed by atoms with Crippen LogP contribution in [-0.2, 0) is 13.6 Å². The topological polar surface area (TPSA) is 53.8 Å². The summed E-state index contributed by atoms with van der Waals surface area (Å²) in [7, 11) is 4.03. The highest BCUT2D eigenvalue weighted by Crippen LogP contribution is 2.22. The second kappa shape index (κ2) is 9.83. The van der Waals surface area contributed by atoms with E-state index in [2.05, 4.69) is 46.2 Å². The first kappa shape index (κ1) is 21.8. The van der Waals surface area contributed by atoms with Crippen molar-refractivity contribution >= 4 is 5.91 Å². The molecular formula is C24H35N5O2. The van der Waals surface area contributed by atoms with Crippen LogP contribution in [0.4, 0.5) is 0 Å². The van der Waals surface area contributed by atoms with Gasteiger partial charge in [-0.25, -0.2) is 0 Å². The van der Waals surface area contributed by atoms with Crippen LogP contribution in [0.15, 0.2) is 30.3 Å². The Bertz CT molecular complexity index is 888. The van der Waals surface area contributed by atoms with Crippen molar-refractivity contribution in [2.24, 2.45) is 7.05 Å². The minimum absolute atomic E-state index is 0.0617. The van der Waals surface area contributed by atoms with Crippen LogP contribution in [-0.4, -0.2) is 82.8 Å². The Morgan fingerprint density at radius 1 is 1.06 bits per heavy atom. The van der Waals surface area contributed by atoms with Gasteiger partial charge in [0.2, 0.25) is 0 Å². The second-order valence-electron chi connectivity index (χ2n) is 8.98. The molecule has 1 aromatic carbocycles. The van der Waals surface area contributed by atoms with Crippen molar-refractivity contribution in [2.45, 2.75) is 38.8 Å². The van der Waals surface area contributed by atoms with Crippen LogP contribution in [0.2, 0.25) is 0 Å². The molecule has 3 heterocycles. The molecule has 2 saturated heterocycles. The number of rotatable bonds is 5. The summed E-state index contributed by atoms with van der Waals surface area (Å²) in [6.07, 6.45) is 3.08. The Morgan fingerprint density at radius 2 is 1.87 bits per heavy atom. The van der Waals surface area contributed by atoms with Gasteiger partial charge in [-0.1, -0.05) is 12.1 Å². The Hall–Kier alpha value is -2.38. The molecule has 2 aliphatic heterocycles. The minimum Gasteiger partial charge on any atom is -0.490 e. The lowest BCUT2D eigenvalue weighted by molar-refractivity contribution is 0.0585. The fourth-order valence-corrected chi connectivity index (χ4v) is 4.58. The summed E-state index contributed by atoms with van der Waals surface area (Å²) in [5.74, 6) is 1.00. The van der Waals surface area contributed by atoms with Crippen molar-refractivity contribution in [1.82, 2.24) is 24.5 Å². The van der Waals surface area contributed by atoms with Gasteiger partial charge in [0.15, 0.2) is 0 Å². The second-order valence-corrected chi connectivity index (χ2v) is 8.98. The number of likely N-dealkylation sites (tertiary alicyclic amines) is 1. The van der Waals surface area contributed by atoms with Crippen LogP contribution in [0.3, 0.4) is 0 Å². The summed E-state index contributed by atoms with van der Waals surface area (Å²) >= 11 is 0. The van der Waals surface area contributed by atoms with E-state index in [-0.39, 0.29) is 12.0 Å². The summed E-state index contributed by atoms with van der Waals surface area (Å²) in [6, 6.07) is 10.4. The van der Waals surface area contributed by atoms with Gasteiger partial charge < -0.3 is 14.5 Å². The zero-order valence-corrected chi connectivity index (χ0v) is 19.1. The highest BCUT2D eigenvalue weighted by molar-refractivity contribution is 5.92. The number of aryl methyl sites for hydroxylation is 2. The van der Waals surface area contributed by atoms with Gasteiger partial charge in [-0.15, -0.1) is 0 Å². The molecule has 2 aliphatic rings. The predicted octanol–water partition coefficient (Wildman–Crippen LogP) is 2.55. The molecule has 2 fully saturated rings. The largest absolute Gasteiger partial charge is 0.490 e. The van der Waals surface area contributed by atoms with Gasteiger partial charge in [0.1, 0.15) is 17.5 Å². The molecule has 0 saturated carbocycles. The molecular weight excluding hydrogens is 390 g/mol. The normalized spacial score (nSPS) is 19.4. The van der Waals surface area contributed by atoms with E-state index in [1.165, 1.54) is 18.5 Å². The molecule has 7 nitrogen and oxygen atoms in total. The zero-order chi connectivity index (χ0) is 21.8. The molecule has 4 rings (SSSR count). The molecule has 7 heteroatoms. The highest BCUT2D eigenvalue weighted by Gasteiger charge is 2.26. The number of benzene rings is 1. The number of nitrogens with zero attached hydrogens (tertiary/aromatic N) is 5. The monoisotopic (exact) mass is 425 g/mol. The van der Waals surface area contributed by atoms with E-state index >= 15 is 0 Å². The standard InChI is InChI=1S/C24H35N5O2/c1-19-16-23(27(3)25-19)24(30)29-12-8-21(9-13-29)31-22-7-4-6-20(17-22)18-28-11-5-10-26(2)14-15-28/h4,6-7,16-17,21H,5,8-15,18H2,1-3H3. The molecule has 1 amide bonds. The van der Waals surface area contributed by atoms with Crippen molar-refractivity contribution in [3.63, 3.8) is 0 Å². The Labute approximate surface area is 185 Å². The summed E-state index contributed by atoms with van der Waals surface area (Å²) in [6.45, 7) is 8.90. The molecule has 1 aromatic heterocycles. The highest BCUT2D eigenvalue weighted by atomic mass is 16.5. The first-order valence-corrected chi connectivity index (χ1v) is 11.4. The zero-order valence-electron chi connectivity index (χ0n) is 19.1. The molecule has 31 heavy (non-hydrogen) atoms. The molecule has 0 N–H and O–H groups in total. The van der Waals surface area contributed by atoms with E-state index in [0.717, 1.165) is 50.5 Å². The number of piperidine rings is 1. The maximum Gasteiger partial charge on any atom is 0.272 e. The minimum atomic E-state index is 0.0617. The molecule has 0 atom stereocenters. The SMILES string of the molecule is Cc1cc(C(=O)N2CCC(Oc3cccc(CN4CCCN(C)CC4)c3)CC2)n(C)n1. The lowest BCUT2D eigenvalue weighted by Gasteiger charge is -2.32. The third-order valence-electron chi connectivity index (χ3n) is 6.37. The number of hydrogen-bond acceptors (Lipinski definition) is 5. The van der Waals surface area contributed by atoms with Crippen molar-refractivity contribution in [3.05, 3.63) is 47.3 Å². The van der Waals surface area contributed by atoms with Crippen LogP contribution < -0.4 is 4.74 Å². The van der Waals surface area contributed by atoms with E-state index in [1.54, 1.807) is 4.68 Å². The van der Waals surface area contributed by atoms with Crippen LogP contribution in [0, 0.1) is 6.92 Å². The maximum absolute atomic E-state index is 12.8. The smallest absolute Gasteiger partial charge is 0.272 e. The molecule has 0 unspecified atom stereocenters. The van der Waals surface area contributed by atoms with Gasteiger partial charge in [-0.05, 0) is 57.2 Å². The number of carbonyl (C=O) groups is 1. The number of amides is 1. The van der Waals surface area contributed by atoms with Crippen LogP contribution >= 0.6 is 0 Å². The van der Waals surface area contributed by atoms with E-state index < -0.39 is 0 Å². The molecule has 0 bridgehead atoms. The van der Waals surface area contributed by atoms with Crippen LogP contribution in [0.25, 0.3) is 0 Å². The quantitative estimate of drug-likeness (QED) is 0.737. The van der Waals surface area contributed by atoms with Gasteiger partial charge in [-0.2, -0.15) is 5.10 Å². The number of likely N-dealkylation sites (N-methyl/N-ethyl adjacent to an activating group) is 1. The number of carbonyl (C=O) groups excluding carboxylic acids is 1. The molecule has 0 radical (unpaired) electrons. The Morgan fingerprint density at radius 3 is 2.61 bits per heavy atom. The lowest BCUT2D eigenvalue weighted by atomic mass is 10.1. The third kappa shape index (κ3) is 5.66. The van der Waals surface area contributed by atoms with Gasteiger partial charge in [-0.3, -0.25) is 14.4 Å². The van der Waals surface area contributed by atoms with E-state index in [0.29, 0.717) is 18.8 Å². The van der Waals surface area contributed by atoms with E-state index in [9.17, 15) is 4.79 Å². The average Bonchev–Trinajstić information content (AvgIpc) is 2.96. The lowest BCUT2D eigenvalue weighted by Crippen LogP contribution is -2.42. The van der Waals surface area contributed by atoms with Gasteiger partial charge in [0.25, 0.3) is 5.91 Å². The summed E-state index contributed by atoms with van der Waals surface area (Å²) < 4.78 is 7.98. The van der Waals surface area contributed by atoms with Gasteiger partial charge in [0.05, 0.1) is 5.69 Å². The van der Waals surface area contributed by atoms with Crippen molar-refractivity contribution < 1.29 is 9.53 Å². The third-order valence-corrected chi connectivity index (χ3v) is 6.37. The van der Waals surface area contributed by atoms with Crippen LogP contribution in [0.1, 0.15) is 41.0 Å². The molecule has 168 valence electrons. The fourth-order valence-electron chi connectivity index (χ4n) is 4.58. The molecule has 0 spiro atoms. The van der Waals surface area contributed by atoms with Gasteiger partial charge >= 0.3 is 0 Å². The summed E-state index contributed by atoms with van der Waals surface area (Å²) in [4.78, 5) is 19.7. The molecule has 2 aromatic rings. The summed E-state index contributed by atoms with van der Waals surface area (Å²) in [5.41, 5.74) is 2.83. The fraction of sp³-hybridized carbons (Fsp3) is 0.583. The molecule has 0 aliphatic carbocycles. The Balaban J connectivity index is 1.29. The Kier molecular flexibility index (Phi) is 6.92. The van der Waals surface area contributed by atoms with Crippen LogP contribution in [0.5, 0.6) is 5.75 Å². The van der Waals surface area contributed by atoms with E-state index in [4.69, 9.17) is 4.74 Å². The average molecular weight is 426 g/mol. The number of ether oxygens (including phenoxy) is 1. The first-order valence-electron chi connectivity index (χ1n) is 11.4. The van der Waals surface area contributed by atoms with E-state index in [1.807, 2.05) is 24.9 Å². The van der Waals surface area contributed by atoms with Gasteiger partial charge in [0, 0.05) is 52.6 Å². The number of aromatic nitrogens is 2. The first-order chi connectivity index (χ1) is 15.0. The summed E-state index contributed by atoms with van der Waals surface area (Å²) in [5, 5.41) is 4.30.